The van der Waals surface area contributed by atoms with E-state index in [9.17, 15) is 4.79 Å². The Labute approximate surface area is 160 Å². The van der Waals surface area contributed by atoms with Crippen LogP contribution in [0.4, 0.5) is 0 Å². The first-order chi connectivity index (χ1) is 12.8. The molecule has 1 aromatic rings. The molecule has 1 amide bonds. The maximum atomic E-state index is 12.0. The van der Waals surface area contributed by atoms with E-state index in [0.717, 1.165) is 24.3 Å². The van der Waals surface area contributed by atoms with Crippen LogP contribution in [0.3, 0.4) is 0 Å². The predicted octanol–water partition coefficient (Wildman–Crippen LogP) is 2.65. The average Bonchev–Trinajstić information content (AvgIpc) is 2.99. The number of fused-ring (bicyclic) bond motifs is 2. The molecule has 2 atom stereocenters. The first-order valence-corrected chi connectivity index (χ1v) is 9.23. The highest BCUT2D eigenvalue weighted by Gasteiger charge is 2.59. The van der Waals surface area contributed by atoms with Gasteiger partial charge in [-0.15, -0.1) is 0 Å². The summed E-state index contributed by atoms with van der Waals surface area (Å²) >= 11 is 0. The number of carbonyl (C=O) groups excluding carboxylic acids is 1. The van der Waals surface area contributed by atoms with E-state index in [1.807, 2.05) is 0 Å². The summed E-state index contributed by atoms with van der Waals surface area (Å²) in [5.41, 5.74) is 10.5. The van der Waals surface area contributed by atoms with Crippen molar-refractivity contribution in [1.82, 2.24) is 5.43 Å². The lowest BCUT2D eigenvalue weighted by Crippen LogP contribution is -2.34. The average molecular weight is 372 g/mol. The zero-order valence-electron chi connectivity index (χ0n) is 16.4. The van der Waals surface area contributed by atoms with Crippen LogP contribution in [0, 0.1) is 16.7 Å². The normalized spacial score (nSPS) is 27.6. The third kappa shape index (κ3) is 3.50. The molecule has 3 rings (SSSR count). The standard InChI is InChI=1S/C20H28N4O3/c1-19(2)14-9-10-20(19,3)16(11-14)22-23-17(25)12-27-24-18(21)13-5-7-15(26-4)8-6-13/h5-8,14H,9-12H2,1-4H3,(H2,21,24)(H,23,25)/b22-16+. The number of ether oxygens (including phenoxy) is 1. The van der Waals surface area contributed by atoms with Crippen LogP contribution in [-0.4, -0.2) is 31.2 Å². The Bertz CT molecular complexity index is 770. The largest absolute Gasteiger partial charge is 0.497 e. The fourth-order valence-corrected chi connectivity index (χ4v) is 4.23. The molecule has 0 aliphatic heterocycles. The second-order valence-electron chi connectivity index (χ2n) is 8.07. The number of nitrogens with one attached hydrogen (secondary N) is 1. The van der Waals surface area contributed by atoms with Gasteiger partial charge in [0.2, 0.25) is 0 Å². The Morgan fingerprint density at radius 3 is 2.56 bits per heavy atom. The van der Waals surface area contributed by atoms with Gasteiger partial charge in [-0.25, -0.2) is 5.43 Å². The summed E-state index contributed by atoms with van der Waals surface area (Å²) in [7, 11) is 1.59. The quantitative estimate of drug-likeness (QED) is 0.456. The number of nitrogens with zero attached hydrogens (tertiary/aromatic N) is 2. The number of benzene rings is 1. The minimum atomic E-state index is -0.349. The van der Waals surface area contributed by atoms with Crippen LogP contribution in [-0.2, 0) is 9.63 Å². The van der Waals surface area contributed by atoms with Crippen LogP contribution >= 0.6 is 0 Å². The van der Waals surface area contributed by atoms with E-state index < -0.39 is 0 Å². The van der Waals surface area contributed by atoms with Gasteiger partial charge in [0.05, 0.1) is 7.11 Å². The highest BCUT2D eigenvalue weighted by Crippen LogP contribution is 2.63. The van der Waals surface area contributed by atoms with Gasteiger partial charge in [-0.1, -0.05) is 25.9 Å². The van der Waals surface area contributed by atoms with Gasteiger partial charge in [0.15, 0.2) is 12.4 Å². The van der Waals surface area contributed by atoms with Gasteiger partial charge in [0, 0.05) is 16.7 Å². The van der Waals surface area contributed by atoms with Gasteiger partial charge in [-0.05, 0) is 54.9 Å². The molecule has 0 heterocycles. The van der Waals surface area contributed by atoms with Crippen molar-refractivity contribution in [3.05, 3.63) is 29.8 Å². The minimum absolute atomic E-state index is 0.0583. The van der Waals surface area contributed by atoms with Crippen molar-refractivity contribution in [2.24, 2.45) is 32.7 Å². The Balaban J connectivity index is 1.51. The summed E-state index contributed by atoms with van der Waals surface area (Å²) in [4.78, 5) is 17.1. The molecular formula is C20H28N4O3. The Morgan fingerprint density at radius 2 is 2.00 bits per heavy atom. The number of hydrogen-bond acceptors (Lipinski definition) is 5. The van der Waals surface area contributed by atoms with Gasteiger partial charge in [0.25, 0.3) is 5.91 Å². The summed E-state index contributed by atoms with van der Waals surface area (Å²) < 4.78 is 5.09. The van der Waals surface area contributed by atoms with Crippen molar-refractivity contribution < 1.29 is 14.4 Å². The number of rotatable bonds is 6. The van der Waals surface area contributed by atoms with E-state index in [1.54, 1.807) is 31.4 Å². The van der Waals surface area contributed by atoms with Crippen LogP contribution in [0.25, 0.3) is 0 Å². The SMILES string of the molecule is COc1ccc(/C(N)=N/OCC(=O)N/N=C2\CC3CCC2(C)C3(C)C)cc1. The number of methoxy groups -OCH3 is 1. The van der Waals surface area contributed by atoms with E-state index in [2.05, 4.69) is 36.5 Å². The van der Waals surface area contributed by atoms with Gasteiger partial charge in [0.1, 0.15) is 5.75 Å². The second kappa shape index (κ2) is 7.21. The van der Waals surface area contributed by atoms with Crippen molar-refractivity contribution in [3.8, 4) is 5.75 Å². The number of amidine groups is 1. The third-order valence-electron chi connectivity index (χ3n) is 6.57. The number of amides is 1. The first kappa shape index (κ1) is 19.2. The summed E-state index contributed by atoms with van der Waals surface area (Å²) in [6, 6.07) is 7.09. The molecule has 0 spiro atoms. The smallest absolute Gasteiger partial charge is 0.280 e. The van der Waals surface area contributed by atoms with E-state index in [1.165, 1.54) is 6.42 Å². The lowest BCUT2D eigenvalue weighted by Gasteiger charge is -2.34. The zero-order valence-corrected chi connectivity index (χ0v) is 16.4. The zero-order chi connectivity index (χ0) is 19.7. The molecule has 7 nitrogen and oxygen atoms in total. The highest BCUT2D eigenvalue weighted by atomic mass is 16.6. The maximum Gasteiger partial charge on any atom is 0.280 e. The number of nitrogens with two attached hydrogens (primary N) is 1. The molecule has 2 fully saturated rings. The predicted molar refractivity (Wildman–Crippen MR) is 104 cm³/mol. The van der Waals surface area contributed by atoms with Crippen LogP contribution in [0.2, 0.25) is 0 Å². The minimum Gasteiger partial charge on any atom is -0.497 e. The number of hydrogen-bond donors (Lipinski definition) is 2. The number of hydrazone groups is 1. The van der Waals surface area contributed by atoms with Gasteiger partial charge in [-0.3, -0.25) is 4.79 Å². The van der Waals surface area contributed by atoms with Crippen molar-refractivity contribution in [3.63, 3.8) is 0 Å². The summed E-state index contributed by atoms with van der Waals surface area (Å²) in [5.74, 6) is 1.21. The second-order valence-corrected chi connectivity index (χ2v) is 8.07. The number of oxime groups is 1. The Kier molecular flexibility index (Phi) is 5.13. The molecule has 2 aliphatic carbocycles. The van der Waals surface area contributed by atoms with Crippen molar-refractivity contribution >= 4 is 17.5 Å². The molecule has 2 saturated carbocycles. The monoisotopic (exact) mass is 372 g/mol. The molecule has 0 radical (unpaired) electrons. The summed E-state index contributed by atoms with van der Waals surface area (Å²) in [6.45, 7) is 6.61. The van der Waals surface area contributed by atoms with Crippen molar-refractivity contribution in [2.45, 2.75) is 40.0 Å². The van der Waals surface area contributed by atoms with E-state index in [4.69, 9.17) is 15.3 Å². The van der Waals surface area contributed by atoms with Crippen LogP contribution in [0.1, 0.15) is 45.6 Å². The van der Waals surface area contributed by atoms with E-state index in [0.29, 0.717) is 11.5 Å². The first-order valence-electron chi connectivity index (χ1n) is 9.23. The molecule has 2 bridgehead atoms. The maximum absolute atomic E-state index is 12.0. The van der Waals surface area contributed by atoms with Gasteiger partial charge in [-0.2, -0.15) is 5.10 Å². The van der Waals surface area contributed by atoms with Crippen LogP contribution in [0.5, 0.6) is 5.75 Å². The highest BCUT2D eigenvalue weighted by molar-refractivity contribution is 5.97. The molecule has 146 valence electrons. The summed E-state index contributed by atoms with van der Waals surface area (Å²) in [5, 5.41) is 8.18. The molecule has 27 heavy (non-hydrogen) atoms. The Hall–Kier alpha value is -2.57. The fraction of sp³-hybridized carbons (Fsp3) is 0.550. The Morgan fingerprint density at radius 1 is 1.30 bits per heavy atom. The molecule has 0 saturated heterocycles. The fourth-order valence-electron chi connectivity index (χ4n) is 4.23. The molecule has 2 unspecified atom stereocenters. The van der Waals surface area contributed by atoms with Gasteiger partial charge >= 0.3 is 0 Å². The lowest BCUT2D eigenvalue weighted by atomic mass is 9.70. The van der Waals surface area contributed by atoms with Crippen molar-refractivity contribution in [2.75, 3.05) is 13.7 Å². The summed E-state index contributed by atoms with van der Waals surface area (Å²) in [6.07, 6.45) is 3.31. The third-order valence-corrected chi connectivity index (χ3v) is 6.57. The van der Waals surface area contributed by atoms with Crippen molar-refractivity contribution in [1.29, 1.82) is 0 Å². The number of carbonyl (C=O) groups is 1. The lowest BCUT2D eigenvalue weighted by molar-refractivity contribution is -0.125. The van der Waals surface area contributed by atoms with Crippen LogP contribution in [0.15, 0.2) is 34.5 Å². The molecule has 3 N–H and O–H groups in total. The molecule has 1 aromatic carbocycles. The topological polar surface area (TPSA) is 98.3 Å². The molecule has 7 heteroatoms. The molecule has 2 aliphatic rings. The van der Waals surface area contributed by atoms with Crippen LogP contribution < -0.4 is 15.9 Å². The van der Waals surface area contributed by atoms with E-state index >= 15 is 0 Å². The molecule has 0 aromatic heterocycles. The van der Waals surface area contributed by atoms with E-state index in [-0.39, 0.29) is 29.2 Å². The van der Waals surface area contributed by atoms with Gasteiger partial charge < -0.3 is 15.3 Å². The molecular weight excluding hydrogens is 344 g/mol.